The number of imide groups is 1. The zero-order chi connectivity index (χ0) is 17.4. The van der Waals surface area contributed by atoms with Crippen LogP contribution in [0.15, 0.2) is 18.2 Å². The van der Waals surface area contributed by atoms with Gasteiger partial charge in [0.1, 0.15) is 0 Å². The molecular formula is C18H22N4O3. The van der Waals surface area contributed by atoms with Gasteiger partial charge in [-0.3, -0.25) is 19.7 Å². The first-order chi connectivity index (χ1) is 12.1. The van der Waals surface area contributed by atoms with Gasteiger partial charge >= 0.3 is 0 Å². The highest BCUT2D eigenvalue weighted by molar-refractivity contribution is 6.01. The van der Waals surface area contributed by atoms with Crippen LogP contribution in [-0.2, 0) is 16.1 Å². The molecule has 3 heterocycles. The summed E-state index contributed by atoms with van der Waals surface area (Å²) in [5.74, 6) is -0.811. The van der Waals surface area contributed by atoms with E-state index in [1.807, 2.05) is 12.1 Å². The minimum atomic E-state index is -0.302. The lowest BCUT2D eigenvalue weighted by molar-refractivity contribution is -0.136. The number of anilines is 1. The first-order valence-corrected chi connectivity index (χ1v) is 8.83. The molecule has 1 unspecified atom stereocenters. The van der Waals surface area contributed by atoms with Crippen molar-refractivity contribution in [3.63, 3.8) is 0 Å². The van der Waals surface area contributed by atoms with E-state index in [-0.39, 0.29) is 23.6 Å². The molecule has 1 atom stereocenters. The van der Waals surface area contributed by atoms with Crippen molar-refractivity contribution < 1.29 is 14.4 Å². The third-order valence-corrected chi connectivity index (χ3v) is 5.24. The van der Waals surface area contributed by atoms with Gasteiger partial charge < -0.3 is 15.1 Å². The summed E-state index contributed by atoms with van der Waals surface area (Å²) in [6.45, 7) is 4.77. The van der Waals surface area contributed by atoms with Crippen molar-refractivity contribution in [2.75, 3.05) is 37.6 Å². The summed E-state index contributed by atoms with van der Waals surface area (Å²) in [5.41, 5.74) is 2.90. The molecule has 0 spiro atoms. The molecule has 0 bridgehead atoms. The number of rotatable bonds is 3. The molecule has 3 aliphatic rings. The van der Waals surface area contributed by atoms with E-state index in [0.717, 1.165) is 43.0 Å². The minimum Gasteiger partial charge on any atom is -0.369 e. The van der Waals surface area contributed by atoms with Gasteiger partial charge in [0.25, 0.3) is 5.91 Å². The van der Waals surface area contributed by atoms with Crippen LogP contribution in [0.25, 0.3) is 0 Å². The first-order valence-electron chi connectivity index (χ1n) is 8.83. The third-order valence-electron chi connectivity index (χ3n) is 5.24. The Morgan fingerprint density at radius 2 is 1.92 bits per heavy atom. The fraction of sp³-hybridized carbons (Fsp3) is 0.500. The van der Waals surface area contributed by atoms with Crippen LogP contribution in [0, 0.1) is 5.92 Å². The molecule has 2 fully saturated rings. The van der Waals surface area contributed by atoms with Crippen molar-refractivity contribution in [1.29, 1.82) is 0 Å². The number of nitrogens with zero attached hydrogens (tertiary/aromatic N) is 2. The molecule has 2 N–H and O–H groups in total. The minimum absolute atomic E-state index is 0.0217. The quantitative estimate of drug-likeness (QED) is 0.762. The van der Waals surface area contributed by atoms with Crippen LogP contribution in [0.2, 0.25) is 0 Å². The smallest absolute Gasteiger partial charge is 0.254 e. The predicted octanol–water partition coefficient (Wildman–Crippen LogP) is 0.105. The Labute approximate surface area is 146 Å². The maximum atomic E-state index is 12.6. The second-order valence-electron chi connectivity index (χ2n) is 6.91. The van der Waals surface area contributed by atoms with Gasteiger partial charge in [-0.15, -0.1) is 0 Å². The van der Waals surface area contributed by atoms with E-state index < -0.39 is 0 Å². The van der Waals surface area contributed by atoms with Gasteiger partial charge in [-0.05, 0) is 30.2 Å². The van der Waals surface area contributed by atoms with Crippen molar-refractivity contribution in [1.82, 2.24) is 15.5 Å². The van der Waals surface area contributed by atoms with E-state index in [9.17, 15) is 14.4 Å². The SMILES string of the molecule is O=C1CCC(CN2Cc3cc(N4CCNCC4)ccc3C2=O)C(=O)N1. The number of carbonyl (C=O) groups is 3. The van der Waals surface area contributed by atoms with Crippen LogP contribution >= 0.6 is 0 Å². The Morgan fingerprint density at radius 1 is 1.12 bits per heavy atom. The van der Waals surface area contributed by atoms with E-state index in [1.54, 1.807) is 4.90 Å². The van der Waals surface area contributed by atoms with E-state index in [4.69, 9.17) is 0 Å². The molecule has 1 aromatic rings. The molecule has 3 amide bonds. The molecular weight excluding hydrogens is 320 g/mol. The highest BCUT2D eigenvalue weighted by Crippen LogP contribution is 2.29. The Hall–Kier alpha value is -2.41. The lowest BCUT2D eigenvalue weighted by atomic mass is 9.97. The van der Waals surface area contributed by atoms with Crippen molar-refractivity contribution in [3.8, 4) is 0 Å². The van der Waals surface area contributed by atoms with E-state index in [2.05, 4.69) is 21.6 Å². The third kappa shape index (κ3) is 3.11. The topological polar surface area (TPSA) is 81.8 Å². The average Bonchev–Trinajstić information content (AvgIpc) is 2.93. The van der Waals surface area contributed by atoms with Crippen LogP contribution in [0.5, 0.6) is 0 Å². The predicted molar refractivity (Wildman–Crippen MR) is 92.1 cm³/mol. The summed E-state index contributed by atoms with van der Waals surface area (Å²) in [4.78, 5) is 39.9. The number of piperazine rings is 1. The van der Waals surface area contributed by atoms with Gasteiger partial charge in [0, 0.05) is 56.9 Å². The monoisotopic (exact) mass is 342 g/mol. The summed E-state index contributed by atoms with van der Waals surface area (Å²) in [7, 11) is 0. The maximum Gasteiger partial charge on any atom is 0.254 e. The molecule has 0 aliphatic carbocycles. The van der Waals surface area contributed by atoms with E-state index in [0.29, 0.717) is 25.9 Å². The van der Waals surface area contributed by atoms with Gasteiger partial charge in [-0.1, -0.05) is 0 Å². The molecule has 4 rings (SSSR count). The summed E-state index contributed by atoms with van der Waals surface area (Å²) < 4.78 is 0. The molecule has 1 aromatic carbocycles. The Kier molecular flexibility index (Phi) is 4.17. The summed E-state index contributed by atoms with van der Waals surface area (Å²) in [6.07, 6.45) is 0.856. The maximum absolute atomic E-state index is 12.6. The van der Waals surface area contributed by atoms with Crippen molar-refractivity contribution in [2.45, 2.75) is 19.4 Å². The van der Waals surface area contributed by atoms with Gasteiger partial charge in [-0.2, -0.15) is 0 Å². The largest absolute Gasteiger partial charge is 0.369 e. The number of amides is 3. The Morgan fingerprint density at radius 3 is 2.68 bits per heavy atom. The van der Waals surface area contributed by atoms with E-state index in [1.165, 1.54) is 0 Å². The van der Waals surface area contributed by atoms with Crippen molar-refractivity contribution in [2.24, 2.45) is 5.92 Å². The zero-order valence-electron chi connectivity index (χ0n) is 14.1. The molecule has 2 saturated heterocycles. The Balaban J connectivity index is 1.47. The average molecular weight is 342 g/mol. The number of benzene rings is 1. The summed E-state index contributed by atoms with van der Waals surface area (Å²) >= 11 is 0. The Bertz CT molecular complexity index is 727. The fourth-order valence-corrected chi connectivity index (χ4v) is 3.81. The second-order valence-corrected chi connectivity index (χ2v) is 6.91. The number of carbonyl (C=O) groups excluding carboxylic acids is 3. The van der Waals surface area contributed by atoms with Crippen LogP contribution in [0.4, 0.5) is 5.69 Å². The number of nitrogens with one attached hydrogen (secondary N) is 2. The number of piperidine rings is 1. The lowest BCUT2D eigenvalue weighted by Gasteiger charge is -2.29. The standard InChI is InChI=1S/C18H22N4O3/c23-16-4-1-12(17(24)20-16)10-22-11-13-9-14(2-3-15(13)18(22)25)21-7-5-19-6-8-21/h2-3,9,12,19H,1,4-8,10-11H2,(H,20,23,24). The molecule has 25 heavy (non-hydrogen) atoms. The molecule has 7 heteroatoms. The van der Waals surface area contributed by atoms with Gasteiger partial charge in [-0.25, -0.2) is 0 Å². The molecule has 132 valence electrons. The highest BCUT2D eigenvalue weighted by Gasteiger charge is 2.34. The molecule has 3 aliphatic heterocycles. The molecule has 0 radical (unpaired) electrons. The van der Waals surface area contributed by atoms with Crippen LogP contribution in [0.1, 0.15) is 28.8 Å². The zero-order valence-corrected chi connectivity index (χ0v) is 14.1. The lowest BCUT2D eigenvalue weighted by Crippen LogP contribution is -2.45. The van der Waals surface area contributed by atoms with Crippen LogP contribution in [-0.4, -0.2) is 55.3 Å². The number of fused-ring (bicyclic) bond motifs is 1. The molecule has 7 nitrogen and oxygen atoms in total. The number of hydrogen-bond acceptors (Lipinski definition) is 5. The fourth-order valence-electron chi connectivity index (χ4n) is 3.81. The summed E-state index contributed by atoms with van der Waals surface area (Å²) in [6, 6.07) is 6.01. The highest BCUT2D eigenvalue weighted by atomic mass is 16.2. The molecule has 0 saturated carbocycles. The molecule has 0 aromatic heterocycles. The van der Waals surface area contributed by atoms with Crippen LogP contribution < -0.4 is 15.5 Å². The van der Waals surface area contributed by atoms with Crippen LogP contribution in [0.3, 0.4) is 0 Å². The second kappa shape index (κ2) is 6.48. The van der Waals surface area contributed by atoms with Crippen molar-refractivity contribution >= 4 is 23.4 Å². The summed E-state index contributed by atoms with van der Waals surface area (Å²) in [5, 5.41) is 5.70. The van der Waals surface area contributed by atoms with Gasteiger partial charge in [0.2, 0.25) is 11.8 Å². The first kappa shape index (κ1) is 16.1. The van der Waals surface area contributed by atoms with Crippen molar-refractivity contribution in [3.05, 3.63) is 29.3 Å². The van der Waals surface area contributed by atoms with E-state index >= 15 is 0 Å². The normalized spacial score (nSPS) is 23.7. The number of hydrogen-bond donors (Lipinski definition) is 2. The van der Waals surface area contributed by atoms with Gasteiger partial charge in [0.15, 0.2) is 0 Å². The van der Waals surface area contributed by atoms with Gasteiger partial charge in [0.05, 0.1) is 5.92 Å².